The summed E-state index contributed by atoms with van der Waals surface area (Å²) in [5.41, 5.74) is 2.20. The Kier molecular flexibility index (Phi) is 31.3. The highest BCUT2D eigenvalue weighted by molar-refractivity contribution is 7.51. The maximum Gasteiger partial charge on any atom is 0.325 e. The minimum absolute atomic E-state index is 0.0526. The molecule has 0 saturated heterocycles. The zero-order valence-electron chi connectivity index (χ0n) is 37.5. The lowest BCUT2D eigenvalue weighted by atomic mass is 10.0. The fourth-order valence-electron chi connectivity index (χ4n) is 6.42. The van der Waals surface area contributed by atoms with Gasteiger partial charge < -0.3 is 25.4 Å². The molecule has 1 rings (SSSR count). The van der Waals surface area contributed by atoms with Gasteiger partial charge in [-0.3, -0.25) is 44.2 Å². The number of hydrogen-bond donors (Lipinski definition) is 7. The van der Waals surface area contributed by atoms with Gasteiger partial charge in [0.15, 0.2) is 0 Å². The molecule has 1 atom stereocenters. The van der Waals surface area contributed by atoms with Crippen LogP contribution in [0.15, 0.2) is 36.5 Å². The molecule has 0 aromatic heterocycles. The SMILES string of the molecule is C=C(CCC(=O)N(O)CCCCCNC(=O)c1ccc(CCCCCCCCCCCCCCCCCCOP(C)(=O)O)cc1)NCN(O)C(=O)CCC(=O)NCN(O)C(C)=O. The van der Waals surface area contributed by atoms with Crippen LogP contribution >= 0.6 is 7.60 Å². The van der Waals surface area contributed by atoms with Gasteiger partial charge in [-0.2, -0.15) is 0 Å². The Morgan fingerprint density at radius 1 is 0.613 bits per heavy atom. The van der Waals surface area contributed by atoms with E-state index in [1.54, 1.807) is 0 Å². The first-order chi connectivity index (χ1) is 29.6. The summed E-state index contributed by atoms with van der Waals surface area (Å²) >= 11 is 0. The molecule has 0 radical (unpaired) electrons. The largest absolute Gasteiger partial charge is 0.370 e. The normalized spacial score (nSPS) is 12.0. The molecule has 5 amide bonds. The van der Waals surface area contributed by atoms with E-state index in [4.69, 9.17) is 9.42 Å². The number of amides is 5. The van der Waals surface area contributed by atoms with Crippen LogP contribution < -0.4 is 16.0 Å². The van der Waals surface area contributed by atoms with E-state index >= 15 is 0 Å². The van der Waals surface area contributed by atoms with Crippen molar-refractivity contribution in [1.82, 2.24) is 31.1 Å². The molecule has 0 spiro atoms. The third kappa shape index (κ3) is 31.1. The quantitative estimate of drug-likeness (QED) is 0.0112. The van der Waals surface area contributed by atoms with Crippen LogP contribution in [-0.4, -0.2) is 105 Å². The van der Waals surface area contributed by atoms with Gasteiger partial charge in [-0.1, -0.05) is 109 Å². The van der Waals surface area contributed by atoms with E-state index in [0.29, 0.717) is 58.9 Å². The zero-order valence-corrected chi connectivity index (χ0v) is 38.4. The van der Waals surface area contributed by atoms with Gasteiger partial charge >= 0.3 is 7.60 Å². The van der Waals surface area contributed by atoms with Crippen molar-refractivity contribution in [2.24, 2.45) is 0 Å². The Morgan fingerprint density at radius 3 is 1.65 bits per heavy atom. The van der Waals surface area contributed by atoms with Crippen LogP contribution in [0.4, 0.5) is 0 Å². The van der Waals surface area contributed by atoms with Gasteiger partial charge in [0.25, 0.3) is 5.91 Å². The predicted molar refractivity (Wildman–Crippen MR) is 237 cm³/mol. The molecule has 62 heavy (non-hydrogen) atoms. The highest BCUT2D eigenvalue weighted by atomic mass is 31.2. The van der Waals surface area contributed by atoms with E-state index in [9.17, 15) is 44.2 Å². The molecule has 17 nitrogen and oxygen atoms in total. The van der Waals surface area contributed by atoms with Crippen molar-refractivity contribution in [3.8, 4) is 0 Å². The average molecular weight is 897 g/mol. The minimum atomic E-state index is -3.32. The number of nitrogens with one attached hydrogen (secondary N) is 3. The molecule has 0 aliphatic rings. The topological polar surface area (TPSA) is 238 Å². The highest BCUT2D eigenvalue weighted by Crippen LogP contribution is 2.36. The number of hydroxylamine groups is 6. The van der Waals surface area contributed by atoms with Crippen LogP contribution in [0.5, 0.6) is 0 Å². The molecule has 1 aromatic carbocycles. The van der Waals surface area contributed by atoms with E-state index in [1.807, 2.05) is 24.3 Å². The predicted octanol–water partition coefficient (Wildman–Crippen LogP) is 7.57. The molecular formula is C44H77N6O11P. The fraction of sp³-hybridized carbons (Fsp3) is 0.705. The van der Waals surface area contributed by atoms with Crippen molar-refractivity contribution in [2.75, 3.05) is 39.7 Å². The zero-order chi connectivity index (χ0) is 46.0. The summed E-state index contributed by atoms with van der Waals surface area (Å²) in [6.45, 7) is 6.31. The number of carbonyl (C=O) groups excluding carboxylic acids is 5. The summed E-state index contributed by atoms with van der Waals surface area (Å²) in [6, 6.07) is 7.79. The highest BCUT2D eigenvalue weighted by Gasteiger charge is 2.16. The van der Waals surface area contributed by atoms with E-state index in [-0.39, 0.29) is 44.8 Å². The molecule has 0 fully saturated rings. The second kappa shape index (κ2) is 34.6. The second-order valence-corrected chi connectivity index (χ2v) is 17.8. The van der Waals surface area contributed by atoms with Crippen molar-refractivity contribution in [2.45, 2.75) is 161 Å². The van der Waals surface area contributed by atoms with E-state index in [2.05, 4.69) is 22.5 Å². The van der Waals surface area contributed by atoms with Gasteiger partial charge in [0.05, 0.1) is 6.61 Å². The van der Waals surface area contributed by atoms with Crippen molar-refractivity contribution < 1.29 is 53.6 Å². The Hall–Kier alpha value is -3.86. The number of allylic oxidation sites excluding steroid dienone is 1. The second-order valence-electron chi connectivity index (χ2n) is 16.0. The summed E-state index contributed by atoms with van der Waals surface area (Å²) in [4.78, 5) is 68.8. The van der Waals surface area contributed by atoms with Crippen LogP contribution in [0, 0.1) is 0 Å². The summed E-state index contributed by atoms with van der Waals surface area (Å²) < 4.78 is 16.0. The molecule has 0 saturated carbocycles. The van der Waals surface area contributed by atoms with Crippen LogP contribution in [0.1, 0.15) is 171 Å². The van der Waals surface area contributed by atoms with E-state index in [0.717, 1.165) is 32.6 Å². The van der Waals surface area contributed by atoms with E-state index in [1.165, 1.54) is 95.7 Å². The number of carbonyl (C=O) groups is 5. The molecule has 0 aliphatic heterocycles. The lowest BCUT2D eigenvalue weighted by Gasteiger charge is -2.19. The Balaban J connectivity index is 2.02. The number of aryl methyl sites for hydroxylation is 1. The van der Waals surface area contributed by atoms with Gasteiger partial charge in [0.2, 0.25) is 23.6 Å². The molecule has 1 aromatic rings. The summed E-state index contributed by atoms with van der Waals surface area (Å²) in [7, 11) is -3.32. The summed E-state index contributed by atoms with van der Waals surface area (Å²) in [6.07, 6.45) is 22.1. The molecule has 18 heteroatoms. The van der Waals surface area contributed by atoms with Gasteiger partial charge in [-0.15, -0.1) is 0 Å². The van der Waals surface area contributed by atoms with Crippen LogP contribution in [0.25, 0.3) is 0 Å². The Bertz CT molecular complexity index is 1490. The first kappa shape index (κ1) is 56.2. The van der Waals surface area contributed by atoms with Gasteiger partial charge in [0.1, 0.15) is 13.3 Å². The van der Waals surface area contributed by atoms with Gasteiger partial charge in [-0.25, -0.2) is 15.2 Å². The Labute approximate surface area is 369 Å². The monoisotopic (exact) mass is 897 g/mol. The maximum atomic E-state index is 12.6. The first-order valence-electron chi connectivity index (χ1n) is 22.5. The van der Waals surface area contributed by atoms with E-state index < -0.39 is 37.9 Å². The lowest BCUT2D eigenvalue weighted by Crippen LogP contribution is -2.39. The van der Waals surface area contributed by atoms with Crippen LogP contribution in [0.2, 0.25) is 0 Å². The van der Waals surface area contributed by atoms with Crippen LogP contribution in [-0.2, 0) is 34.7 Å². The fourth-order valence-corrected chi connectivity index (χ4v) is 6.89. The molecule has 0 bridgehead atoms. The number of rotatable bonds is 38. The van der Waals surface area contributed by atoms with Crippen molar-refractivity contribution in [3.05, 3.63) is 47.7 Å². The first-order valence-corrected chi connectivity index (χ1v) is 24.6. The Morgan fingerprint density at radius 2 is 1.10 bits per heavy atom. The number of benzene rings is 1. The molecular weight excluding hydrogens is 819 g/mol. The van der Waals surface area contributed by atoms with Crippen LogP contribution in [0.3, 0.4) is 0 Å². The molecule has 354 valence electrons. The van der Waals surface area contributed by atoms with Crippen molar-refractivity contribution in [1.29, 1.82) is 0 Å². The van der Waals surface area contributed by atoms with Crippen molar-refractivity contribution in [3.63, 3.8) is 0 Å². The smallest absolute Gasteiger partial charge is 0.325 e. The molecule has 7 N–H and O–H groups in total. The van der Waals surface area contributed by atoms with Crippen molar-refractivity contribution >= 4 is 37.1 Å². The number of hydrogen-bond acceptors (Lipinski definition) is 11. The maximum absolute atomic E-state index is 12.6. The van der Waals surface area contributed by atoms with Gasteiger partial charge in [-0.05, 0) is 62.6 Å². The third-order valence-corrected chi connectivity index (χ3v) is 11.0. The molecule has 0 heterocycles. The molecule has 0 aliphatic carbocycles. The minimum Gasteiger partial charge on any atom is -0.370 e. The standard InChI is InChI=1S/C44H77N6O11P/c1-37(46-35-50(58)43(54)31-29-41(52)47-36-49(57)38(2)51)24-30-42(53)48(56)33-21-18-20-32-45-44(55)40-27-25-39(26-28-40)23-19-16-14-12-10-8-6-4-5-7-9-11-13-15-17-22-34-61-62(3,59)60/h25-28,46,56-58H,1,4-24,29-36H2,2-3H3,(H,45,55)(H,47,52)(H,59,60). The number of unbranched alkanes of at least 4 members (excludes halogenated alkanes) is 17. The third-order valence-electron chi connectivity index (χ3n) is 10.3. The summed E-state index contributed by atoms with van der Waals surface area (Å²) in [5.74, 6) is -2.66. The average Bonchev–Trinajstić information content (AvgIpc) is 3.24. The lowest BCUT2D eigenvalue weighted by molar-refractivity contribution is -0.168. The van der Waals surface area contributed by atoms with Gasteiger partial charge in [0, 0.05) is 57.2 Å². The molecule has 1 unspecified atom stereocenters. The summed E-state index contributed by atoms with van der Waals surface area (Å²) in [5, 5.41) is 38.5. The number of nitrogens with zero attached hydrogens (tertiary/aromatic N) is 3.